The van der Waals surface area contributed by atoms with Crippen molar-refractivity contribution in [1.29, 1.82) is 0 Å². The van der Waals surface area contributed by atoms with Crippen LogP contribution in [0.1, 0.15) is 145 Å². The van der Waals surface area contributed by atoms with E-state index in [0.717, 1.165) is 0 Å². The van der Waals surface area contributed by atoms with Crippen molar-refractivity contribution in [3.8, 4) is 0 Å². The Morgan fingerprint density at radius 1 is 0.333 bits per heavy atom. The van der Waals surface area contributed by atoms with Gasteiger partial charge in [0.1, 0.15) is 0 Å². The van der Waals surface area contributed by atoms with E-state index in [1.165, 1.54) is 61.6 Å². The molecular formula is C48H57+. The van der Waals surface area contributed by atoms with Gasteiger partial charge in [-0.2, -0.15) is 0 Å². The third-order valence-corrected chi connectivity index (χ3v) is 9.81. The molecule has 0 aliphatic rings. The highest BCUT2D eigenvalue weighted by Gasteiger charge is 2.28. The van der Waals surface area contributed by atoms with Gasteiger partial charge in [0.05, 0.1) is 22.6 Å². The molecule has 0 spiro atoms. The van der Waals surface area contributed by atoms with Crippen LogP contribution in [0, 0.1) is 5.92 Å². The lowest BCUT2D eigenvalue weighted by atomic mass is 9.78. The van der Waals surface area contributed by atoms with Crippen LogP contribution >= 0.6 is 0 Å². The summed E-state index contributed by atoms with van der Waals surface area (Å²) in [7, 11) is 0. The average Bonchev–Trinajstić information content (AvgIpc) is 3.01. The summed E-state index contributed by atoms with van der Waals surface area (Å²) < 4.78 is 0. The summed E-state index contributed by atoms with van der Waals surface area (Å²) in [5, 5.41) is 0. The zero-order valence-electron chi connectivity index (χ0n) is 31.6. The Kier molecular flexibility index (Phi) is 9.64. The minimum atomic E-state index is 0.102. The van der Waals surface area contributed by atoms with Gasteiger partial charge < -0.3 is 0 Å². The second-order valence-electron chi connectivity index (χ2n) is 17.8. The summed E-state index contributed by atoms with van der Waals surface area (Å²) in [6, 6.07) is 46.4. The van der Waals surface area contributed by atoms with Gasteiger partial charge in [0.15, 0.2) is 0 Å². The van der Waals surface area contributed by atoms with E-state index in [-0.39, 0.29) is 27.6 Å². The summed E-state index contributed by atoms with van der Waals surface area (Å²) in [6.07, 6.45) is 0. The van der Waals surface area contributed by atoms with Crippen LogP contribution in [0.2, 0.25) is 0 Å². The van der Waals surface area contributed by atoms with Gasteiger partial charge in [-0.3, -0.25) is 0 Å². The van der Waals surface area contributed by atoms with Crippen molar-refractivity contribution >= 4 is 0 Å². The van der Waals surface area contributed by atoms with Gasteiger partial charge in [0.2, 0.25) is 0 Å². The quantitative estimate of drug-likeness (QED) is 0.129. The van der Waals surface area contributed by atoms with Gasteiger partial charge in [-0.15, -0.1) is 0 Å². The van der Waals surface area contributed by atoms with Crippen LogP contribution in [0.15, 0.2) is 121 Å². The zero-order chi connectivity index (χ0) is 35.1. The number of hydrogen-bond acceptors (Lipinski definition) is 0. The number of benzene rings is 5. The Bertz CT molecular complexity index is 1540. The third-order valence-electron chi connectivity index (χ3n) is 9.81. The van der Waals surface area contributed by atoms with Crippen LogP contribution in [0.3, 0.4) is 0 Å². The summed E-state index contributed by atoms with van der Waals surface area (Å²) in [5.74, 6) is 1.38. The molecule has 0 heterocycles. The smallest absolute Gasteiger partial charge is 0.0582 e. The van der Waals surface area contributed by atoms with Gasteiger partial charge in [-0.25, -0.2) is 0 Å². The van der Waals surface area contributed by atoms with Crippen LogP contribution in [0.4, 0.5) is 0 Å². The molecule has 0 heteroatoms. The molecule has 0 bridgehead atoms. The monoisotopic (exact) mass is 633 g/mol. The highest BCUT2D eigenvalue weighted by molar-refractivity contribution is 5.60. The lowest BCUT2D eigenvalue weighted by Gasteiger charge is -2.24. The van der Waals surface area contributed by atoms with Crippen molar-refractivity contribution in [1.82, 2.24) is 0 Å². The molecule has 0 aliphatic heterocycles. The predicted octanol–water partition coefficient (Wildman–Crippen LogP) is 13.1. The first-order valence-corrected chi connectivity index (χ1v) is 17.7. The van der Waals surface area contributed by atoms with Crippen molar-refractivity contribution in [2.75, 3.05) is 0 Å². The topological polar surface area (TPSA) is 0 Å². The highest BCUT2D eigenvalue weighted by Crippen LogP contribution is 2.39. The molecular weight excluding hydrogens is 577 g/mol. The lowest BCUT2D eigenvalue weighted by molar-refractivity contribution is 0.589. The Labute approximate surface area is 292 Å². The van der Waals surface area contributed by atoms with Gasteiger partial charge in [0.25, 0.3) is 0 Å². The second-order valence-corrected chi connectivity index (χ2v) is 17.8. The van der Waals surface area contributed by atoms with E-state index >= 15 is 0 Å². The molecule has 0 aromatic heterocycles. The first kappa shape index (κ1) is 35.3. The average molecular weight is 634 g/mol. The molecule has 5 rings (SSSR count). The Morgan fingerprint density at radius 3 is 0.958 bits per heavy atom. The zero-order valence-corrected chi connectivity index (χ0v) is 31.6. The Morgan fingerprint density at radius 2 is 0.646 bits per heavy atom. The minimum Gasteiger partial charge on any atom is -0.0582 e. The predicted molar refractivity (Wildman–Crippen MR) is 209 cm³/mol. The fourth-order valence-electron chi connectivity index (χ4n) is 6.58. The molecule has 0 N–H and O–H groups in total. The Hall–Kier alpha value is -4.03. The molecule has 248 valence electrons. The molecule has 0 atom stereocenters. The van der Waals surface area contributed by atoms with E-state index in [1.807, 2.05) is 0 Å². The minimum absolute atomic E-state index is 0.102. The molecule has 48 heavy (non-hydrogen) atoms. The molecule has 0 saturated carbocycles. The summed E-state index contributed by atoms with van der Waals surface area (Å²) in [5.41, 5.74) is 13.5. The van der Waals surface area contributed by atoms with E-state index in [2.05, 4.69) is 204 Å². The van der Waals surface area contributed by atoms with Gasteiger partial charge in [-0.1, -0.05) is 132 Å². The maximum absolute atomic E-state index is 2.44. The highest BCUT2D eigenvalue weighted by atomic mass is 14.3. The van der Waals surface area contributed by atoms with Crippen LogP contribution < -0.4 is 0 Å². The molecule has 0 unspecified atom stereocenters. The lowest BCUT2D eigenvalue weighted by Crippen LogP contribution is -2.14. The van der Waals surface area contributed by atoms with Crippen molar-refractivity contribution in [3.05, 3.63) is 183 Å². The van der Waals surface area contributed by atoms with E-state index < -0.39 is 0 Å². The number of hydrogen-bond donors (Lipinski definition) is 0. The SMILES string of the molecule is CC(C)(C)c1ccc([C+](c2ccc(C(C)(C)C)cc2)c2cccc(C(c3ccc(C(C)(C)C)cc3)c3ccc(C(C)(C)C)cc3)c2)cc1. The Balaban J connectivity index is 1.66. The standard InChI is InChI=1S/C48H57/c1-45(2,3)39-24-16-33(17-25-39)43(34-18-26-40(27-19-34)46(4,5)6)37-14-13-15-38(32-37)44(35-20-28-41(29-21-35)47(7,8)9)36-22-30-42(31-23-36)48(10,11)12/h13-32,43H,1-12H3/q+1. The van der Waals surface area contributed by atoms with E-state index in [1.54, 1.807) is 0 Å². The number of rotatable bonds is 6. The van der Waals surface area contributed by atoms with Crippen LogP contribution in [-0.2, 0) is 21.7 Å². The summed E-state index contributed by atoms with van der Waals surface area (Å²) >= 11 is 0. The molecule has 0 nitrogen and oxygen atoms in total. The summed E-state index contributed by atoms with van der Waals surface area (Å²) in [6.45, 7) is 27.4. The van der Waals surface area contributed by atoms with Crippen LogP contribution in [0.25, 0.3) is 0 Å². The molecule has 5 aromatic carbocycles. The molecule has 0 amide bonds. The van der Waals surface area contributed by atoms with Crippen molar-refractivity contribution < 1.29 is 0 Å². The fourth-order valence-corrected chi connectivity index (χ4v) is 6.58. The summed E-state index contributed by atoms with van der Waals surface area (Å²) in [4.78, 5) is 0. The van der Waals surface area contributed by atoms with Crippen LogP contribution in [-0.4, -0.2) is 0 Å². The van der Waals surface area contributed by atoms with Crippen LogP contribution in [0.5, 0.6) is 0 Å². The van der Waals surface area contributed by atoms with E-state index in [0.29, 0.717) is 0 Å². The maximum atomic E-state index is 2.44. The normalized spacial score (nSPS) is 12.8. The van der Waals surface area contributed by atoms with E-state index in [4.69, 9.17) is 0 Å². The van der Waals surface area contributed by atoms with Gasteiger partial charge in [-0.05, 0) is 133 Å². The maximum Gasteiger partial charge on any atom is 0.0632 e. The third kappa shape index (κ3) is 7.98. The van der Waals surface area contributed by atoms with E-state index in [9.17, 15) is 0 Å². The van der Waals surface area contributed by atoms with Crippen molar-refractivity contribution in [2.45, 2.75) is 111 Å². The molecule has 0 fully saturated rings. The van der Waals surface area contributed by atoms with Gasteiger partial charge >= 0.3 is 0 Å². The first-order valence-electron chi connectivity index (χ1n) is 17.7. The largest absolute Gasteiger partial charge is 0.0632 e. The molecule has 0 aliphatic carbocycles. The molecule has 5 aromatic rings. The molecule has 0 saturated heterocycles. The molecule has 0 radical (unpaired) electrons. The van der Waals surface area contributed by atoms with Crippen molar-refractivity contribution in [2.24, 2.45) is 0 Å². The fraction of sp³-hybridized carbons (Fsp3) is 0.354. The van der Waals surface area contributed by atoms with Crippen molar-refractivity contribution in [3.63, 3.8) is 0 Å². The van der Waals surface area contributed by atoms with Gasteiger partial charge in [0, 0.05) is 5.92 Å². The first-order chi connectivity index (χ1) is 22.3. The second kappa shape index (κ2) is 13.1.